The molecule has 1 aromatic carbocycles. The van der Waals surface area contributed by atoms with Crippen LogP contribution in [0.15, 0.2) is 44.5 Å². The number of rotatable bonds is 10. The summed E-state index contributed by atoms with van der Waals surface area (Å²) in [7, 11) is 1.59. The predicted molar refractivity (Wildman–Crippen MR) is 127 cm³/mol. The number of hydrogen-bond acceptors (Lipinski definition) is 7. The lowest BCUT2D eigenvalue weighted by atomic mass is 10.2. The van der Waals surface area contributed by atoms with E-state index in [4.69, 9.17) is 9.15 Å². The largest absolute Gasteiger partial charge is 0.497 e. The molecule has 180 valence electrons. The van der Waals surface area contributed by atoms with Crippen LogP contribution in [-0.4, -0.2) is 35.9 Å². The molecule has 10 heteroatoms. The summed E-state index contributed by atoms with van der Waals surface area (Å²) in [5.41, 5.74) is 0.934. The summed E-state index contributed by atoms with van der Waals surface area (Å²) in [6, 6.07) is 7.25. The molecule has 0 atom stereocenters. The van der Waals surface area contributed by atoms with Crippen molar-refractivity contribution < 1.29 is 14.3 Å². The molecule has 0 amide bonds. The number of unbranched alkanes of at least 4 members (excludes halogenated alkanes) is 1. The number of hydrogen-bond donors (Lipinski definition) is 1. The molecule has 0 saturated heterocycles. The molecular weight excluding hydrogens is 438 g/mol. The van der Waals surface area contributed by atoms with E-state index in [1.54, 1.807) is 23.8 Å². The van der Waals surface area contributed by atoms with Crippen molar-refractivity contribution in [1.82, 2.24) is 23.7 Å². The quantitative estimate of drug-likeness (QED) is 0.381. The molecule has 4 aromatic rings. The monoisotopic (exact) mass is 467 g/mol. The number of ether oxygens (including phenoxy) is 1. The number of aliphatic hydroxyl groups is 1. The van der Waals surface area contributed by atoms with Crippen LogP contribution in [-0.2, 0) is 26.2 Å². The molecule has 3 aromatic heterocycles. The Kier molecular flexibility index (Phi) is 6.97. The highest BCUT2D eigenvalue weighted by molar-refractivity contribution is 5.71. The van der Waals surface area contributed by atoms with Crippen molar-refractivity contribution in [2.75, 3.05) is 7.11 Å². The maximum atomic E-state index is 13.5. The number of imidazole rings is 1. The van der Waals surface area contributed by atoms with Crippen LogP contribution in [0.25, 0.3) is 22.6 Å². The zero-order chi connectivity index (χ0) is 24.2. The second kappa shape index (κ2) is 10.1. The van der Waals surface area contributed by atoms with E-state index in [0.29, 0.717) is 47.4 Å². The van der Waals surface area contributed by atoms with E-state index < -0.39 is 11.2 Å². The van der Waals surface area contributed by atoms with Gasteiger partial charge in [-0.15, -0.1) is 0 Å². The molecule has 3 heterocycles. The SMILES string of the molecule is CCCCn1c(=O)n(Cc2coc(-c3ccc(OC)cc3)n2)c(=O)c2c1nc(CO)n2CCC. The van der Waals surface area contributed by atoms with E-state index in [1.807, 2.05) is 26.0 Å². The van der Waals surface area contributed by atoms with Crippen LogP contribution in [0.1, 0.15) is 44.6 Å². The van der Waals surface area contributed by atoms with Crippen molar-refractivity contribution in [2.45, 2.75) is 59.4 Å². The summed E-state index contributed by atoms with van der Waals surface area (Å²) in [6.45, 7) is 4.60. The van der Waals surface area contributed by atoms with E-state index in [2.05, 4.69) is 9.97 Å². The van der Waals surface area contributed by atoms with Crippen molar-refractivity contribution in [3.05, 3.63) is 62.9 Å². The van der Waals surface area contributed by atoms with Crippen LogP contribution >= 0.6 is 0 Å². The van der Waals surface area contributed by atoms with Gasteiger partial charge in [-0.1, -0.05) is 20.3 Å². The van der Waals surface area contributed by atoms with Gasteiger partial charge in [0.05, 0.1) is 19.3 Å². The Morgan fingerprint density at radius 2 is 1.76 bits per heavy atom. The highest BCUT2D eigenvalue weighted by Gasteiger charge is 2.22. The summed E-state index contributed by atoms with van der Waals surface area (Å²) < 4.78 is 15.2. The van der Waals surface area contributed by atoms with E-state index >= 15 is 0 Å². The minimum Gasteiger partial charge on any atom is -0.497 e. The third kappa shape index (κ3) is 4.28. The Hall–Kier alpha value is -3.66. The lowest BCUT2D eigenvalue weighted by Crippen LogP contribution is -2.41. The molecule has 0 aliphatic heterocycles. The molecule has 0 fully saturated rings. The fourth-order valence-corrected chi connectivity index (χ4v) is 3.99. The van der Waals surface area contributed by atoms with Gasteiger partial charge in [-0.3, -0.25) is 13.9 Å². The van der Waals surface area contributed by atoms with E-state index in [1.165, 1.54) is 15.4 Å². The second-order valence-electron chi connectivity index (χ2n) is 8.06. The lowest BCUT2D eigenvalue weighted by molar-refractivity contribution is 0.265. The zero-order valence-corrected chi connectivity index (χ0v) is 19.7. The third-order valence-corrected chi connectivity index (χ3v) is 5.73. The molecule has 0 aliphatic rings. The summed E-state index contributed by atoms with van der Waals surface area (Å²) in [4.78, 5) is 35.8. The van der Waals surface area contributed by atoms with Crippen LogP contribution in [0.2, 0.25) is 0 Å². The molecular formula is C24H29N5O5. The Bertz CT molecular complexity index is 1390. The first-order valence-corrected chi connectivity index (χ1v) is 11.4. The van der Waals surface area contributed by atoms with Crippen LogP contribution in [0.4, 0.5) is 0 Å². The second-order valence-corrected chi connectivity index (χ2v) is 8.06. The average molecular weight is 468 g/mol. The number of nitrogens with zero attached hydrogens (tertiary/aromatic N) is 5. The van der Waals surface area contributed by atoms with Crippen molar-refractivity contribution >= 4 is 11.2 Å². The summed E-state index contributed by atoms with van der Waals surface area (Å²) in [5.74, 6) is 1.48. The Balaban J connectivity index is 1.80. The minimum atomic E-state index is -0.456. The molecule has 0 aliphatic carbocycles. The van der Waals surface area contributed by atoms with Gasteiger partial charge in [-0.05, 0) is 37.1 Å². The maximum absolute atomic E-state index is 13.5. The summed E-state index contributed by atoms with van der Waals surface area (Å²) >= 11 is 0. The highest BCUT2D eigenvalue weighted by atomic mass is 16.5. The molecule has 0 spiro atoms. The number of methoxy groups -OCH3 is 1. The standard InChI is InChI=1S/C24H29N5O5/c1-4-6-12-28-21-20(27(11-5-2)19(14-30)26-21)23(31)29(24(28)32)13-17-15-34-22(25-17)16-7-9-18(33-3)10-8-16/h7-10,15,30H,4-6,11-14H2,1-3H3. The molecule has 0 unspecified atom stereocenters. The van der Waals surface area contributed by atoms with E-state index in [0.717, 1.165) is 24.8 Å². The normalized spacial score (nSPS) is 11.4. The van der Waals surface area contributed by atoms with Gasteiger partial charge in [0, 0.05) is 18.7 Å². The smallest absolute Gasteiger partial charge is 0.333 e. The van der Waals surface area contributed by atoms with Crippen molar-refractivity contribution in [3.8, 4) is 17.2 Å². The molecule has 1 N–H and O–H groups in total. The number of fused-ring (bicyclic) bond motifs is 1. The van der Waals surface area contributed by atoms with Crippen LogP contribution in [0.5, 0.6) is 5.75 Å². The van der Waals surface area contributed by atoms with Crippen LogP contribution in [0.3, 0.4) is 0 Å². The topological polar surface area (TPSA) is 117 Å². The Morgan fingerprint density at radius 3 is 2.41 bits per heavy atom. The Morgan fingerprint density at radius 1 is 1.00 bits per heavy atom. The van der Waals surface area contributed by atoms with Crippen molar-refractivity contribution in [1.29, 1.82) is 0 Å². The molecule has 10 nitrogen and oxygen atoms in total. The lowest BCUT2D eigenvalue weighted by Gasteiger charge is -2.11. The van der Waals surface area contributed by atoms with Crippen LogP contribution < -0.4 is 16.0 Å². The number of aryl methyl sites for hydroxylation is 2. The predicted octanol–water partition coefficient (Wildman–Crippen LogP) is 2.77. The summed E-state index contributed by atoms with van der Waals surface area (Å²) in [6.07, 6.45) is 3.84. The first-order chi connectivity index (χ1) is 16.5. The first kappa shape index (κ1) is 23.5. The minimum absolute atomic E-state index is 0.0366. The van der Waals surface area contributed by atoms with Gasteiger partial charge in [-0.2, -0.15) is 0 Å². The number of aromatic nitrogens is 5. The van der Waals surface area contributed by atoms with Gasteiger partial charge in [0.25, 0.3) is 5.56 Å². The van der Waals surface area contributed by atoms with Crippen molar-refractivity contribution in [3.63, 3.8) is 0 Å². The van der Waals surface area contributed by atoms with Gasteiger partial charge >= 0.3 is 5.69 Å². The number of benzene rings is 1. The van der Waals surface area contributed by atoms with E-state index in [-0.39, 0.29) is 13.2 Å². The maximum Gasteiger partial charge on any atom is 0.333 e. The van der Waals surface area contributed by atoms with Gasteiger partial charge in [0.1, 0.15) is 24.4 Å². The molecule has 0 bridgehead atoms. The Labute approximate surface area is 196 Å². The highest BCUT2D eigenvalue weighted by Crippen LogP contribution is 2.22. The number of aliphatic hydroxyl groups excluding tert-OH is 1. The van der Waals surface area contributed by atoms with Gasteiger partial charge in [-0.25, -0.2) is 14.8 Å². The van der Waals surface area contributed by atoms with Crippen LogP contribution in [0, 0.1) is 0 Å². The van der Waals surface area contributed by atoms with Gasteiger partial charge in [0.15, 0.2) is 11.2 Å². The molecule has 34 heavy (non-hydrogen) atoms. The zero-order valence-electron chi connectivity index (χ0n) is 19.7. The number of oxazole rings is 1. The fraction of sp³-hybridized carbons (Fsp3) is 0.417. The van der Waals surface area contributed by atoms with Gasteiger partial charge in [0.2, 0.25) is 5.89 Å². The van der Waals surface area contributed by atoms with E-state index in [9.17, 15) is 14.7 Å². The summed E-state index contributed by atoms with van der Waals surface area (Å²) in [5, 5.41) is 9.81. The average Bonchev–Trinajstić information content (AvgIpc) is 3.47. The first-order valence-electron chi connectivity index (χ1n) is 11.4. The molecule has 0 radical (unpaired) electrons. The van der Waals surface area contributed by atoms with Crippen molar-refractivity contribution in [2.24, 2.45) is 0 Å². The van der Waals surface area contributed by atoms with Gasteiger partial charge < -0.3 is 18.8 Å². The third-order valence-electron chi connectivity index (χ3n) is 5.73. The fourth-order valence-electron chi connectivity index (χ4n) is 3.99. The molecule has 0 saturated carbocycles. The molecule has 4 rings (SSSR count).